The molecule has 0 aliphatic rings. The van der Waals surface area contributed by atoms with Crippen molar-refractivity contribution in [3.05, 3.63) is 29.1 Å². The van der Waals surface area contributed by atoms with Gasteiger partial charge in [0.05, 0.1) is 6.10 Å². The smallest absolute Gasteiger partial charge is 0.126 e. The highest BCUT2D eigenvalue weighted by atomic mass is 32.2. The quantitative estimate of drug-likeness (QED) is 0.774. The first kappa shape index (κ1) is 16.5. The Morgan fingerprint density at radius 2 is 1.95 bits per heavy atom. The molecule has 0 bridgehead atoms. The van der Waals surface area contributed by atoms with Crippen molar-refractivity contribution in [1.82, 2.24) is 4.90 Å². The molecule has 0 amide bonds. The first-order valence-corrected chi connectivity index (χ1v) is 7.81. The summed E-state index contributed by atoms with van der Waals surface area (Å²) in [7, 11) is 0. The normalized spacial score (nSPS) is 13.0. The van der Waals surface area contributed by atoms with Gasteiger partial charge in [0.25, 0.3) is 0 Å². The Balaban J connectivity index is 2.74. The summed E-state index contributed by atoms with van der Waals surface area (Å²) in [5.41, 5.74) is 1.32. The minimum atomic E-state index is -0.633. The van der Waals surface area contributed by atoms with E-state index in [0.717, 1.165) is 30.3 Å². The second-order valence-electron chi connectivity index (χ2n) is 4.69. The van der Waals surface area contributed by atoms with E-state index in [0.29, 0.717) is 11.1 Å². The predicted octanol–water partition coefficient (Wildman–Crippen LogP) is 3.62. The number of halogens is 1. The Morgan fingerprint density at radius 3 is 2.47 bits per heavy atom. The van der Waals surface area contributed by atoms with Gasteiger partial charge in [0.1, 0.15) is 5.82 Å². The SMILES string of the molecule is CCN(CC)CCSc1cc(C)c(F)cc1[C@@H](C)O. The van der Waals surface area contributed by atoms with Crippen molar-refractivity contribution in [3.63, 3.8) is 0 Å². The molecule has 1 rings (SSSR count). The molecule has 0 aromatic heterocycles. The second-order valence-corrected chi connectivity index (χ2v) is 5.83. The molecule has 1 aromatic rings. The largest absolute Gasteiger partial charge is 0.389 e. The van der Waals surface area contributed by atoms with E-state index in [1.54, 1.807) is 25.6 Å². The van der Waals surface area contributed by atoms with Crippen LogP contribution in [0.4, 0.5) is 4.39 Å². The van der Waals surface area contributed by atoms with Crippen LogP contribution in [0.1, 0.15) is 38.0 Å². The van der Waals surface area contributed by atoms with Gasteiger partial charge >= 0.3 is 0 Å². The standard InChI is InChI=1S/C15H24FNOS/c1-5-17(6-2)7-8-19-15-9-11(3)14(16)10-13(15)12(4)18/h9-10,12,18H,5-8H2,1-4H3/t12-/m1/s1. The Morgan fingerprint density at radius 1 is 1.32 bits per heavy atom. The Labute approximate surface area is 120 Å². The van der Waals surface area contributed by atoms with Crippen LogP contribution in [-0.2, 0) is 0 Å². The summed E-state index contributed by atoms with van der Waals surface area (Å²) in [5.74, 6) is 0.705. The zero-order valence-electron chi connectivity index (χ0n) is 12.2. The number of aliphatic hydroxyl groups is 1. The van der Waals surface area contributed by atoms with Gasteiger partial charge in [-0.2, -0.15) is 0 Å². The molecule has 0 spiro atoms. The van der Waals surface area contributed by atoms with E-state index in [2.05, 4.69) is 18.7 Å². The van der Waals surface area contributed by atoms with Crippen LogP contribution in [0.3, 0.4) is 0 Å². The van der Waals surface area contributed by atoms with Gasteiger partial charge in [0, 0.05) is 17.2 Å². The van der Waals surface area contributed by atoms with E-state index in [1.807, 2.05) is 6.07 Å². The third kappa shape index (κ3) is 4.79. The highest BCUT2D eigenvalue weighted by Crippen LogP contribution is 2.30. The van der Waals surface area contributed by atoms with Gasteiger partial charge in [-0.25, -0.2) is 4.39 Å². The fraction of sp³-hybridized carbons (Fsp3) is 0.600. The third-order valence-electron chi connectivity index (χ3n) is 3.30. The monoisotopic (exact) mass is 285 g/mol. The second kappa shape index (κ2) is 7.88. The van der Waals surface area contributed by atoms with Gasteiger partial charge in [-0.1, -0.05) is 13.8 Å². The van der Waals surface area contributed by atoms with Crippen LogP contribution in [0.25, 0.3) is 0 Å². The van der Waals surface area contributed by atoms with Gasteiger partial charge in [-0.15, -0.1) is 11.8 Å². The molecule has 1 atom stereocenters. The topological polar surface area (TPSA) is 23.5 Å². The summed E-state index contributed by atoms with van der Waals surface area (Å²) in [6, 6.07) is 3.30. The van der Waals surface area contributed by atoms with Crippen LogP contribution in [0, 0.1) is 12.7 Å². The maximum absolute atomic E-state index is 13.6. The lowest BCUT2D eigenvalue weighted by molar-refractivity contribution is 0.196. The Bertz CT molecular complexity index is 405. The molecule has 0 saturated carbocycles. The Hall–Kier alpha value is -0.580. The highest BCUT2D eigenvalue weighted by molar-refractivity contribution is 7.99. The molecule has 0 fully saturated rings. The summed E-state index contributed by atoms with van der Waals surface area (Å²) in [6.07, 6.45) is -0.633. The maximum Gasteiger partial charge on any atom is 0.126 e. The molecule has 2 nitrogen and oxygen atoms in total. The lowest BCUT2D eigenvalue weighted by atomic mass is 10.1. The number of nitrogens with zero attached hydrogens (tertiary/aromatic N) is 1. The summed E-state index contributed by atoms with van der Waals surface area (Å²) in [4.78, 5) is 3.34. The molecule has 0 heterocycles. The average molecular weight is 285 g/mol. The molecule has 4 heteroatoms. The van der Waals surface area contributed by atoms with E-state index >= 15 is 0 Å². The number of thioether (sulfide) groups is 1. The molecule has 0 aliphatic heterocycles. The molecule has 108 valence electrons. The van der Waals surface area contributed by atoms with Gasteiger partial charge in [-0.05, 0) is 50.2 Å². The highest BCUT2D eigenvalue weighted by Gasteiger charge is 2.12. The number of hydrogen-bond acceptors (Lipinski definition) is 3. The molecule has 0 saturated heterocycles. The predicted molar refractivity (Wildman–Crippen MR) is 80.3 cm³/mol. The van der Waals surface area contributed by atoms with Crippen molar-refractivity contribution in [2.45, 2.75) is 38.7 Å². The van der Waals surface area contributed by atoms with E-state index in [9.17, 15) is 9.50 Å². The molecule has 0 aliphatic carbocycles. The zero-order chi connectivity index (χ0) is 14.4. The number of aryl methyl sites for hydroxylation is 1. The number of aliphatic hydroxyl groups excluding tert-OH is 1. The van der Waals surface area contributed by atoms with Crippen molar-refractivity contribution in [1.29, 1.82) is 0 Å². The number of hydrogen-bond donors (Lipinski definition) is 1. The molecule has 0 radical (unpaired) electrons. The lowest BCUT2D eigenvalue weighted by Gasteiger charge is -2.18. The van der Waals surface area contributed by atoms with Crippen molar-refractivity contribution in [2.24, 2.45) is 0 Å². The molecular weight excluding hydrogens is 261 g/mol. The van der Waals surface area contributed by atoms with E-state index < -0.39 is 6.10 Å². The van der Waals surface area contributed by atoms with Gasteiger partial charge in [0.2, 0.25) is 0 Å². The number of rotatable bonds is 7. The lowest BCUT2D eigenvalue weighted by Crippen LogP contribution is -2.25. The van der Waals surface area contributed by atoms with Crippen LogP contribution < -0.4 is 0 Å². The molecule has 1 aromatic carbocycles. The maximum atomic E-state index is 13.6. The summed E-state index contributed by atoms with van der Waals surface area (Å²) in [5, 5.41) is 9.73. The van der Waals surface area contributed by atoms with Crippen LogP contribution in [0.5, 0.6) is 0 Å². The van der Waals surface area contributed by atoms with Crippen molar-refractivity contribution < 1.29 is 9.50 Å². The van der Waals surface area contributed by atoms with Crippen LogP contribution in [-0.4, -0.2) is 35.4 Å². The fourth-order valence-corrected chi connectivity index (χ4v) is 3.17. The van der Waals surface area contributed by atoms with Crippen molar-refractivity contribution in [2.75, 3.05) is 25.4 Å². The van der Waals surface area contributed by atoms with Crippen molar-refractivity contribution >= 4 is 11.8 Å². The summed E-state index contributed by atoms with van der Waals surface area (Å²) in [6.45, 7) is 10.8. The molecule has 0 unspecified atom stereocenters. The van der Waals surface area contributed by atoms with E-state index in [4.69, 9.17) is 0 Å². The number of benzene rings is 1. The summed E-state index contributed by atoms with van der Waals surface area (Å²) < 4.78 is 13.6. The first-order chi connectivity index (χ1) is 8.99. The van der Waals surface area contributed by atoms with Gasteiger partial charge in [-0.3, -0.25) is 0 Å². The van der Waals surface area contributed by atoms with Crippen molar-refractivity contribution in [3.8, 4) is 0 Å². The van der Waals surface area contributed by atoms with E-state index in [1.165, 1.54) is 6.07 Å². The third-order valence-corrected chi connectivity index (χ3v) is 4.35. The minimum absolute atomic E-state index is 0.246. The minimum Gasteiger partial charge on any atom is -0.389 e. The van der Waals surface area contributed by atoms with Gasteiger partial charge < -0.3 is 10.0 Å². The van der Waals surface area contributed by atoms with Crippen LogP contribution in [0.15, 0.2) is 17.0 Å². The average Bonchev–Trinajstić information content (AvgIpc) is 2.38. The molecular formula is C15H24FNOS. The summed E-state index contributed by atoms with van der Waals surface area (Å²) >= 11 is 1.69. The van der Waals surface area contributed by atoms with Crippen LogP contribution >= 0.6 is 11.8 Å². The molecule has 19 heavy (non-hydrogen) atoms. The van der Waals surface area contributed by atoms with Gasteiger partial charge in [0.15, 0.2) is 0 Å². The Kier molecular flexibility index (Phi) is 6.83. The van der Waals surface area contributed by atoms with Crippen LogP contribution in [0.2, 0.25) is 0 Å². The van der Waals surface area contributed by atoms with E-state index in [-0.39, 0.29) is 5.82 Å². The molecule has 1 N–H and O–H groups in total. The first-order valence-electron chi connectivity index (χ1n) is 6.82. The fourth-order valence-electron chi connectivity index (χ4n) is 1.95. The zero-order valence-corrected chi connectivity index (χ0v) is 13.1.